The van der Waals surface area contributed by atoms with Gasteiger partial charge in [0.25, 0.3) is 0 Å². The van der Waals surface area contributed by atoms with E-state index in [1.54, 1.807) is 5.38 Å². The van der Waals surface area contributed by atoms with Gasteiger partial charge in [-0.2, -0.15) is 0 Å². The first-order chi connectivity index (χ1) is 8.56. The van der Waals surface area contributed by atoms with Gasteiger partial charge in [0, 0.05) is 22.4 Å². The maximum Gasteiger partial charge on any atom is 0.303 e. The highest BCUT2D eigenvalue weighted by atomic mass is 35.5. The summed E-state index contributed by atoms with van der Waals surface area (Å²) in [6, 6.07) is 4.27. The van der Waals surface area contributed by atoms with E-state index >= 15 is 0 Å². The summed E-state index contributed by atoms with van der Waals surface area (Å²) in [7, 11) is 0. The average Bonchev–Trinajstić information content (AvgIpc) is 2.78. The van der Waals surface area contributed by atoms with Gasteiger partial charge in [0.2, 0.25) is 0 Å². The normalized spacial score (nSPS) is 10.6. The van der Waals surface area contributed by atoms with Crippen molar-refractivity contribution in [1.29, 1.82) is 0 Å². The first-order valence-corrected chi connectivity index (χ1v) is 6.43. The van der Waals surface area contributed by atoms with Gasteiger partial charge in [-0.3, -0.25) is 4.79 Å². The molecule has 0 radical (unpaired) electrons. The van der Waals surface area contributed by atoms with Crippen molar-refractivity contribution < 1.29 is 14.3 Å². The van der Waals surface area contributed by atoms with E-state index in [4.69, 9.17) is 16.7 Å². The van der Waals surface area contributed by atoms with Gasteiger partial charge in [0.1, 0.15) is 10.8 Å². The number of halogens is 2. The van der Waals surface area contributed by atoms with E-state index in [9.17, 15) is 9.18 Å². The first-order valence-electron chi connectivity index (χ1n) is 5.18. The predicted molar refractivity (Wildman–Crippen MR) is 68.5 cm³/mol. The Kier molecular flexibility index (Phi) is 3.93. The van der Waals surface area contributed by atoms with Gasteiger partial charge in [0.05, 0.1) is 12.1 Å². The minimum Gasteiger partial charge on any atom is -0.481 e. The highest BCUT2D eigenvalue weighted by Gasteiger charge is 2.11. The number of benzene rings is 1. The van der Waals surface area contributed by atoms with Crippen LogP contribution in [0.4, 0.5) is 4.39 Å². The molecule has 1 N–H and O–H groups in total. The summed E-state index contributed by atoms with van der Waals surface area (Å²) in [6.45, 7) is 0. The van der Waals surface area contributed by atoms with Gasteiger partial charge in [-0.05, 0) is 18.2 Å². The molecule has 2 rings (SSSR count). The molecule has 0 bridgehead atoms. The number of carbonyl (C=O) groups is 1. The number of nitrogens with zero attached hydrogens (tertiary/aromatic N) is 1. The van der Waals surface area contributed by atoms with Gasteiger partial charge < -0.3 is 5.11 Å². The van der Waals surface area contributed by atoms with Crippen molar-refractivity contribution in [2.75, 3.05) is 0 Å². The standard InChI is InChI=1S/C12H9ClFNO2S/c13-7-1-3-10(14)9(5-7)12-15-8(6-18-12)2-4-11(16)17/h1,3,5-6H,2,4H2,(H,16,17). The lowest BCUT2D eigenvalue weighted by molar-refractivity contribution is -0.136. The lowest BCUT2D eigenvalue weighted by Crippen LogP contribution is -1.97. The molecule has 0 aliphatic rings. The summed E-state index contributed by atoms with van der Waals surface area (Å²) in [4.78, 5) is 14.7. The van der Waals surface area contributed by atoms with E-state index in [1.807, 2.05) is 0 Å². The Morgan fingerprint density at radius 2 is 2.28 bits per heavy atom. The van der Waals surface area contributed by atoms with Gasteiger partial charge in [-0.1, -0.05) is 11.6 Å². The Morgan fingerprint density at radius 3 is 3.00 bits per heavy atom. The maximum absolute atomic E-state index is 13.6. The van der Waals surface area contributed by atoms with Crippen molar-refractivity contribution in [2.45, 2.75) is 12.8 Å². The number of aromatic nitrogens is 1. The molecule has 0 saturated heterocycles. The van der Waals surface area contributed by atoms with Gasteiger partial charge >= 0.3 is 5.97 Å². The van der Waals surface area contributed by atoms with Crippen molar-refractivity contribution in [1.82, 2.24) is 4.98 Å². The van der Waals surface area contributed by atoms with E-state index in [0.29, 0.717) is 27.7 Å². The Bertz CT molecular complexity index is 585. The molecule has 0 amide bonds. The summed E-state index contributed by atoms with van der Waals surface area (Å²) in [5, 5.41) is 11.3. The van der Waals surface area contributed by atoms with Crippen molar-refractivity contribution >= 4 is 28.9 Å². The van der Waals surface area contributed by atoms with Gasteiger partial charge in [-0.25, -0.2) is 9.37 Å². The second-order valence-corrected chi connectivity index (χ2v) is 4.96. The van der Waals surface area contributed by atoms with Crippen LogP contribution in [0, 0.1) is 5.82 Å². The molecule has 0 aliphatic heterocycles. The van der Waals surface area contributed by atoms with Gasteiger partial charge in [-0.15, -0.1) is 11.3 Å². The maximum atomic E-state index is 13.6. The summed E-state index contributed by atoms with van der Waals surface area (Å²) in [5.41, 5.74) is 0.992. The molecule has 0 saturated carbocycles. The molecule has 1 aromatic carbocycles. The molecule has 1 aromatic heterocycles. The van der Waals surface area contributed by atoms with Gasteiger partial charge in [0.15, 0.2) is 0 Å². The Balaban J connectivity index is 2.23. The fourth-order valence-corrected chi connectivity index (χ4v) is 2.49. The molecule has 6 heteroatoms. The van der Waals surface area contributed by atoms with E-state index in [0.717, 1.165) is 0 Å². The number of carboxylic acid groups (broad SMARTS) is 1. The topological polar surface area (TPSA) is 50.2 Å². The monoisotopic (exact) mass is 285 g/mol. The number of hydrogen-bond acceptors (Lipinski definition) is 3. The van der Waals surface area contributed by atoms with Crippen LogP contribution in [0.15, 0.2) is 23.6 Å². The number of rotatable bonds is 4. The van der Waals surface area contributed by atoms with Crippen molar-refractivity contribution in [2.24, 2.45) is 0 Å². The van der Waals surface area contributed by atoms with E-state index in [-0.39, 0.29) is 6.42 Å². The zero-order chi connectivity index (χ0) is 13.1. The molecule has 1 heterocycles. The third kappa shape index (κ3) is 3.05. The lowest BCUT2D eigenvalue weighted by Gasteiger charge is -1.99. The third-order valence-electron chi connectivity index (χ3n) is 2.31. The van der Waals surface area contributed by atoms with Crippen LogP contribution in [0.25, 0.3) is 10.6 Å². The second kappa shape index (κ2) is 5.46. The van der Waals surface area contributed by atoms with Crippen LogP contribution < -0.4 is 0 Å². The van der Waals surface area contributed by atoms with Crippen LogP contribution in [-0.2, 0) is 11.2 Å². The fourth-order valence-electron chi connectivity index (χ4n) is 1.44. The zero-order valence-corrected chi connectivity index (χ0v) is 10.8. The quantitative estimate of drug-likeness (QED) is 0.933. The predicted octanol–water partition coefficient (Wildman–Crippen LogP) is 3.62. The Labute approximate surface area is 112 Å². The second-order valence-electron chi connectivity index (χ2n) is 3.66. The smallest absolute Gasteiger partial charge is 0.303 e. The third-order valence-corrected chi connectivity index (χ3v) is 3.47. The molecule has 0 spiro atoms. The van der Waals surface area contributed by atoms with Crippen LogP contribution in [0.5, 0.6) is 0 Å². The zero-order valence-electron chi connectivity index (χ0n) is 9.19. The summed E-state index contributed by atoms with van der Waals surface area (Å²) >= 11 is 7.08. The molecule has 0 aliphatic carbocycles. The van der Waals surface area contributed by atoms with Crippen molar-refractivity contribution in [3.05, 3.63) is 40.1 Å². The molecular weight excluding hydrogens is 277 g/mol. The van der Waals surface area contributed by atoms with E-state index in [1.165, 1.54) is 29.5 Å². The van der Waals surface area contributed by atoms with Crippen molar-refractivity contribution in [3.63, 3.8) is 0 Å². The van der Waals surface area contributed by atoms with E-state index in [2.05, 4.69) is 4.98 Å². The fraction of sp³-hybridized carbons (Fsp3) is 0.167. The summed E-state index contributed by atoms with van der Waals surface area (Å²) in [5.74, 6) is -1.27. The Hall–Kier alpha value is -1.46. The number of carboxylic acids is 1. The highest BCUT2D eigenvalue weighted by molar-refractivity contribution is 7.13. The van der Waals surface area contributed by atoms with Crippen molar-refractivity contribution in [3.8, 4) is 10.6 Å². The highest BCUT2D eigenvalue weighted by Crippen LogP contribution is 2.29. The molecular formula is C12H9ClFNO2S. The molecule has 0 fully saturated rings. The van der Waals surface area contributed by atoms with Crippen LogP contribution >= 0.6 is 22.9 Å². The first kappa shape index (κ1) is 13.0. The summed E-state index contributed by atoms with van der Waals surface area (Å²) in [6.07, 6.45) is 0.356. The minimum absolute atomic E-state index is 0.0151. The summed E-state index contributed by atoms with van der Waals surface area (Å²) < 4.78 is 13.6. The van der Waals surface area contributed by atoms with Crippen LogP contribution in [-0.4, -0.2) is 16.1 Å². The molecule has 94 valence electrons. The van der Waals surface area contributed by atoms with Crippen LogP contribution in [0.1, 0.15) is 12.1 Å². The largest absolute Gasteiger partial charge is 0.481 e. The molecule has 0 atom stereocenters. The van der Waals surface area contributed by atoms with Crippen LogP contribution in [0.3, 0.4) is 0 Å². The average molecular weight is 286 g/mol. The number of aliphatic carboxylic acids is 1. The number of hydrogen-bond donors (Lipinski definition) is 1. The number of thiazole rings is 1. The molecule has 0 unspecified atom stereocenters. The van der Waals surface area contributed by atoms with Crippen LogP contribution in [0.2, 0.25) is 5.02 Å². The Morgan fingerprint density at radius 1 is 1.50 bits per heavy atom. The SMILES string of the molecule is O=C(O)CCc1csc(-c2cc(Cl)ccc2F)n1. The minimum atomic E-state index is -0.876. The molecule has 18 heavy (non-hydrogen) atoms. The molecule has 3 nitrogen and oxygen atoms in total. The van der Waals surface area contributed by atoms with E-state index < -0.39 is 11.8 Å². The number of aryl methyl sites for hydroxylation is 1. The lowest BCUT2D eigenvalue weighted by atomic mass is 10.2. The molecule has 2 aromatic rings.